The van der Waals surface area contributed by atoms with Crippen molar-refractivity contribution in [3.8, 4) is 0 Å². The van der Waals surface area contributed by atoms with Crippen molar-refractivity contribution in [3.63, 3.8) is 0 Å². The molecule has 122 valence electrons. The van der Waals surface area contributed by atoms with Gasteiger partial charge < -0.3 is 4.90 Å². The van der Waals surface area contributed by atoms with E-state index in [-0.39, 0.29) is 5.92 Å². The largest absolute Gasteiger partial charge is 0.338 e. The highest BCUT2D eigenvalue weighted by Gasteiger charge is 2.48. The third-order valence-corrected chi connectivity index (χ3v) is 6.19. The van der Waals surface area contributed by atoms with Crippen molar-refractivity contribution in [1.82, 2.24) is 14.7 Å². The van der Waals surface area contributed by atoms with Crippen LogP contribution in [-0.2, 0) is 11.3 Å². The first kappa shape index (κ1) is 14.9. The lowest BCUT2D eigenvalue weighted by atomic mass is 10.2. The van der Waals surface area contributed by atoms with E-state index in [1.807, 2.05) is 22.2 Å². The maximum atomic E-state index is 12.9. The summed E-state index contributed by atoms with van der Waals surface area (Å²) in [5.74, 6) is 1.05. The number of carbonyl (C=O) groups is 1. The lowest BCUT2D eigenvalue weighted by Gasteiger charge is -2.25. The van der Waals surface area contributed by atoms with Crippen LogP contribution in [0.15, 0.2) is 24.5 Å². The Hall–Kier alpha value is -1.62. The normalized spacial score (nSPS) is 26.7. The third kappa shape index (κ3) is 2.94. The highest BCUT2D eigenvalue weighted by Crippen LogP contribution is 2.51. The van der Waals surface area contributed by atoms with E-state index < -0.39 is 0 Å². The average molecular weight is 329 g/mol. The highest BCUT2D eigenvalue weighted by atomic mass is 32.1. The van der Waals surface area contributed by atoms with E-state index in [4.69, 9.17) is 0 Å². The van der Waals surface area contributed by atoms with E-state index in [0.29, 0.717) is 17.9 Å². The molecule has 2 aliphatic rings. The van der Waals surface area contributed by atoms with Crippen molar-refractivity contribution in [3.05, 3.63) is 39.8 Å². The van der Waals surface area contributed by atoms with Gasteiger partial charge in [-0.15, -0.1) is 11.3 Å². The van der Waals surface area contributed by atoms with E-state index in [0.717, 1.165) is 32.4 Å². The number of likely N-dealkylation sites (tertiary alicyclic amines) is 1. The van der Waals surface area contributed by atoms with Crippen LogP contribution in [-0.4, -0.2) is 33.2 Å². The summed E-state index contributed by atoms with van der Waals surface area (Å²) in [6, 6.07) is 4.68. The first-order valence-electron chi connectivity index (χ1n) is 8.47. The first-order chi connectivity index (χ1) is 11.1. The van der Waals surface area contributed by atoms with Gasteiger partial charge in [0.25, 0.3) is 0 Å². The molecular formula is C18H23N3OS. The second-order valence-corrected chi connectivity index (χ2v) is 8.28. The number of rotatable bonds is 4. The average Bonchev–Trinajstić information content (AvgIpc) is 2.86. The van der Waals surface area contributed by atoms with Gasteiger partial charge in [0, 0.05) is 34.3 Å². The molecule has 4 rings (SSSR count). The van der Waals surface area contributed by atoms with Crippen LogP contribution in [0.2, 0.25) is 0 Å². The van der Waals surface area contributed by atoms with Gasteiger partial charge in [-0.25, -0.2) is 0 Å². The molecule has 4 nitrogen and oxygen atoms in total. The summed E-state index contributed by atoms with van der Waals surface area (Å²) in [6.45, 7) is 5.93. The Bertz CT molecular complexity index is 719. The van der Waals surface area contributed by atoms with Gasteiger partial charge in [0.2, 0.25) is 5.91 Å². The zero-order valence-electron chi connectivity index (χ0n) is 13.7. The fraction of sp³-hybridized carbons (Fsp3) is 0.556. The lowest BCUT2D eigenvalue weighted by Crippen LogP contribution is -2.39. The molecular weight excluding hydrogens is 306 g/mol. The summed E-state index contributed by atoms with van der Waals surface area (Å²) < 4.78 is 1.98. The summed E-state index contributed by atoms with van der Waals surface area (Å²) in [5, 5.41) is 4.38. The molecule has 3 atom stereocenters. The third-order valence-electron chi connectivity index (χ3n) is 5.05. The Balaban J connectivity index is 1.41. The maximum Gasteiger partial charge on any atom is 0.226 e. The van der Waals surface area contributed by atoms with Gasteiger partial charge in [0.05, 0.1) is 18.8 Å². The SMILES string of the molecule is Cc1cnn(C[C@@H]2CCCN2C(=O)[C@@H]2C[C@H]2c2ccc(C)s2)c1. The molecule has 0 unspecified atom stereocenters. The minimum atomic E-state index is 0.216. The quantitative estimate of drug-likeness (QED) is 0.863. The van der Waals surface area contributed by atoms with Crippen molar-refractivity contribution in [2.45, 2.75) is 51.6 Å². The van der Waals surface area contributed by atoms with Gasteiger partial charge in [-0.05, 0) is 50.8 Å². The van der Waals surface area contributed by atoms with E-state index in [1.165, 1.54) is 15.3 Å². The molecule has 1 aliphatic heterocycles. The molecule has 2 fully saturated rings. The summed E-state index contributed by atoms with van der Waals surface area (Å²) in [5.41, 5.74) is 1.18. The predicted molar refractivity (Wildman–Crippen MR) is 91.6 cm³/mol. The Labute approximate surface area is 141 Å². The van der Waals surface area contributed by atoms with Crippen molar-refractivity contribution >= 4 is 17.2 Å². The van der Waals surface area contributed by atoms with Crippen LogP contribution in [0.5, 0.6) is 0 Å². The summed E-state index contributed by atoms with van der Waals surface area (Å²) in [6.07, 6.45) is 7.20. The molecule has 1 saturated heterocycles. The number of aryl methyl sites for hydroxylation is 2. The van der Waals surface area contributed by atoms with E-state index in [9.17, 15) is 4.79 Å². The second-order valence-electron chi connectivity index (χ2n) is 6.96. The zero-order chi connectivity index (χ0) is 16.0. The fourth-order valence-corrected chi connectivity index (χ4v) is 4.80. The van der Waals surface area contributed by atoms with Crippen LogP contribution in [0, 0.1) is 19.8 Å². The molecule has 1 aliphatic carbocycles. The van der Waals surface area contributed by atoms with Gasteiger partial charge in [-0.3, -0.25) is 9.48 Å². The molecule has 0 bridgehead atoms. The van der Waals surface area contributed by atoms with Crippen LogP contribution in [0.1, 0.15) is 40.5 Å². The molecule has 1 amide bonds. The molecule has 23 heavy (non-hydrogen) atoms. The van der Waals surface area contributed by atoms with Crippen LogP contribution >= 0.6 is 11.3 Å². The molecule has 1 saturated carbocycles. The smallest absolute Gasteiger partial charge is 0.226 e. The number of hydrogen-bond donors (Lipinski definition) is 0. The molecule has 3 heterocycles. The van der Waals surface area contributed by atoms with Gasteiger partial charge in [0.15, 0.2) is 0 Å². The second kappa shape index (κ2) is 5.78. The summed E-state index contributed by atoms with van der Waals surface area (Å²) in [7, 11) is 0. The monoisotopic (exact) mass is 329 g/mol. The number of hydrogen-bond acceptors (Lipinski definition) is 3. The molecule has 0 N–H and O–H groups in total. The van der Waals surface area contributed by atoms with Crippen molar-refractivity contribution in [2.24, 2.45) is 5.92 Å². The zero-order valence-corrected chi connectivity index (χ0v) is 14.6. The number of aromatic nitrogens is 2. The van der Waals surface area contributed by atoms with Gasteiger partial charge in [-0.2, -0.15) is 5.10 Å². The minimum absolute atomic E-state index is 0.216. The highest BCUT2D eigenvalue weighted by molar-refractivity contribution is 7.12. The standard InChI is InChI=1S/C18H23N3OS/c1-12-9-19-20(10-12)11-14-4-3-7-21(14)18(22)16-8-15(16)17-6-5-13(2)23-17/h5-6,9-10,14-16H,3-4,7-8,11H2,1-2H3/t14-,15+,16+/m0/s1. The lowest BCUT2D eigenvalue weighted by molar-refractivity contribution is -0.133. The van der Waals surface area contributed by atoms with Crippen LogP contribution < -0.4 is 0 Å². The topological polar surface area (TPSA) is 38.1 Å². The molecule has 0 spiro atoms. The van der Waals surface area contributed by atoms with Crippen molar-refractivity contribution < 1.29 is 4.79 Å². The van der Waals surface area contributed by atoms with Gasteiger partial charge in [-0.1, -0.05) is 0 Å². The number of carbonyl (C=O) groups excluding carboxylic acids is 1. The summed E-state index contributed by atoms with van der Waals surface area (Å²) in [4.78, 5) is 17.8. The van der Waals surface area contributed by atoms with Gasteiger partial charge >= 0.3 is 0 Å². The van der Waals surface area contributed by atoms with Crippen molar-refractivity contribution in [2.75, 3.05) is 6.54 Å². The molecule has 0 radical (unpaired) electrons. The number of nitrogens with zero attached hydrogens (tertiary/aromatic N) is 3. The Morgan fingerprint density at radius 3 is 2.96 bits per heavy atom. The minimum Gasteiger partial charge on any atom is -0.338 e. The molecule has 5 heteroatoms. The van der Waals surface area contributed by atoms with Crippen molar-refractivity contribution in [1.29, 1.82) is 0 Å². The van der Waals surface area contributed by atoms with Gasteiger partial charge in [0.1, 0.15) is 0 Å². The maximum absolute atomic E-state index is 12.9. The van der Waals surface area contributed by atoms with E-state index in [1.54, 1.807) is 0 Å². The Kier molecular flexibility index (Phi) is 3.76. The molecule has 2 aromatic heterocycles. The van der Waals surface area contributed by atoms with Crippen LogP contribution in [0.25, 0.3) is 0 Å². The Morgan fingerprint density at radius 1 is 1.39 bits per heavy atom. The number of thiophene rings is 1. The molecule has 2 aromatic rings. The van der Waals surface area contributed by atoms with E-state index in [2.05, 4.69) is 42.2 Å². The fourth-order valence-electron chi connectivity index (χ4n) is 3.75. The van der Waals surface area contributed by atoms with E-state index >= 15 is 0 Å². The van der Waals surface area contributed by atoms with Crippen LogP contribution in [0.3, 0.4) is 0 Å². The predicted octanol–water partition coefficient (Wildman–Crippen LogP) is 3.36. The number of amides is 1. The van der Waals surface area contributed by atoms with Crippen LogP contribution in [0.4, 0.5) is 0 Å². The first-order valence-corrected chi connectivity index (χ1v) is 9.29. The molecule has 0 aromatic carbocycles. The summed E-state index contributed by atoms with van der Waals surface area (Å²) >= 11 is 1.84. The Morgan fingerprint density at radius 2 is 2.26 bits per heavy atom.